The maximum atomic E-state index is 11.0. The highest BCUT2D eigenvalue weighted by molar-refractivity contribution is 5.90. The molecule has 0 aliphatic heterocycles. The molecule has 4 N–H and O–H groups in total. The Morgan fingerprint density at radius 2 is 1.14 bits per heavy atom. The molecule has 6 nitrogen and oxygen atoms in total. The third-order valence-corrected chi connectivity index (χ3v) is 3.30. The lowest BCUT2D eigenvalue weighted by molar-refractivity contribution is 0.0686. The first-order chi connectivity index (χ1) is 10.4. The van der Waals surface area contributed by atoms with E-state index in [0.717, 1.165) is 11.1 Å². The van der Waals surface area contributed by atoms with Crippen molar-refractivity contribution >= 4 is 23.3 Å². The fourth-order valence-electron chi connectivity index (χ4n) is 1.91. The molecule has 0 aliphatic rings. The van der Waals surface area contributed by atoms with Crippen LogP contribution in [0.1, 0.15) is 31.8 Å². The van der Waals surface area contributed by atoms with E-state index in [4.69, 9.17) is 10.2 Å². The molecular weight excluding hydrogens is 284 g/mol. The number of anilines is 2. The molecule has 2 aromatic carbocycles. The SMILES string of the molecule is Cc1ccc(C(=O)O)cc1NNc1cc(C(=O)O)ccc1C. The maximum Gasteiger partial charge on any atom is 0.335 e. The highest BCUT2D eigenvalue weighted by Crippen LogP contribution is 2.20. The fraction of sp³-hybridized carbons (Fsp3) is 0.125. The van der Waals surface area contributed by atoms with Gasteiger partial charge in [-0.05, 0) is 49.2 Å². The summed E-state index contributed by atoms with van der Waals surface area (Å²) in [6, 6.07) is 9.49. The summed E-state index contributed by atoms with van der Waals surface area (Å²) in [4.78, 5) is 22.0. The summed E-state index contributed by atoms with van der Waals surface area (Å²) >= 11 is 0. The van der Waals surface area contributed by atoms with Crippen molar-refractivity contribution in [2.24, 2.45) is 0 Å². The fourth-order valence-corrected chi connectivity index (χ4v) is 1.91. The number of aryl methyl sites for hydroxylation is 2. The Bertz CT molecular complexity index is 677. The Kier molecular flexibility index (Phi) is 4.31. The Morgan fingerprint density at radius 3 is 1.45 bits per heavy atom. The maximum absolute atomic E-state index is 11.0. The van der Waals surface area contributed by atoms with Crippen LogP contribution in [0.3, 0.4) is 0 Å². The van der Waals surface area contributed by atoms with Crippen LogP contribution in [0.15, 0.2) is 36.4 Å². The van der Waals surface area contributed by atoms with Gasteiger partial charge >= 0.3 is 11.9 Å². The second-order valence-electron chi connectivity index (χ2n) is 4.92. The van der Waals surface area contributed by atoms with Gasteiger partial charge in [0.05, 0.1) is 22.5 Å². The highest BCUT2D eigenvalue weighted by atomic mass is 16.4. The Hall–Kier alpha value is -3.02. The lowest BCUT2D eigenvalue weighted by Gasteiger charge is -2.15. The molecule has 0 aromatic heterocycles. The topological polar surface area (TPSA) is 98.7 Å². The minimum absolute atomic E-state index is 0.172. The lowest BCUT2D eigenvalue weighted by atomic mass is 10.1. The lowest BCUT2D eigenvalue weighted by Crippen LogP contribution is -2.12. The van der Waals surface area contributed by atoms with Crippen molar-refractivity contribution in [1.82, 2.24) is 0 Å². The smallest absolute Gasteiger partial charge is 0.335 e. The number of carboxylic acid groups (broad SMARTS) is 2. The molecule has 0 unspecified atom stereocenters. The van der Waals surface area contributed by atoms with E-state index < -0.39 is 11.9 Å². The molecule has 2 aromatic rings. The predicted octanol–water partition coefficient (Wildman–Crippen LogP) is 3.14. The standard InChI is InChI=1S/C16H16N2O4/c1-9-3-5-11(15(19)20)7-13(9)17-18-14-8-12(16(21)22)6-4-10(14)2/h3-8,17-18H,1-2H3,(H,19,20)(H,21,22). The number of hydrazine groups is 1. The third-order valence-electron chi connectivity index (χ3n) is 3.30. The number of hydrogen-bond donors (Lipinski definition) is 4. The van der Waals surface area contributed by atoms with Gasteiger partial charge in [0.2, 0.25) is 0 Å². The van der Waals surface area contributed by atoms with Gasteiger partial charge in [-0.25, -0.2) is 9.59 Å². The molecule has 0 atom stereocenters. The first-order valence-electron chi connectivity index (χ1n) is 6.58. The van der Waals surface area contributed by atoms with Gasteiger partial charge in [0.1, 0.15) is 0 Å². The number of rotatable bonds is 5. The van der Waals surface area contributed by atoms with Crippen LogP contribution in [0.25, 0.3) is 0 Å². The van der Waals surface area contributed by atoms with Crippen LogP contribution in [0.2, 0.25) is 0 Å². The molecule has 114 valence electrons. The highest BCUT2D eigenvalue weighted by Gasteiger charge is 2.08. The summed E-state index contributed by atoms with van der Waals surface area (Å²) in [5.74, 6) is -2.01. The third kappa shape index (κ3) is 3.35. The van der Waals surface area contributed by atoms with Gasteiger partial charge in [0.15, 0.2) is 0 Å². The molecule has 0 bridgehead atoms. The number of carbonyl (C=O) groups is 2. The molecule has 0 saturated carbocycles. The van der Waals surface area contributed by atoms with E-state index in [-0.39, 0.29) is 11.1 Å². The molecule has 0 heterocycles. The molecule has 22 heavy (non-hydrogen) atoms. The summed E-state index contributed by atoms with van der Waals surface area (Å²) in [6.07, 6.45) is 0. The van der Waals surface area contributed by atoms with Crippen LogP contribution in [0, 0.1) is 13.8 Å². The van der Waals surface area contributed by atoms with Crippen molar-refractivity contribution in [3.05, 3.63) is 58.7 Å². The quantitative estimate of drug-likeness (QED) is 0.633. The van der Waals surface area contributed by atoms with Crippen LogP contribution >= 0.6 is 0 Å². The van der Waals surface area contributed by atoms with Gasteiger partial charge in [-0.15, -0.1) is 0 Å². The Balaban J connectivity index is 2.23. The monoisotopic (exact) mass is 300 g/mol. The number of hydrogen-bond acceptors (Lipinski definition) is 4. The van der Waals surface area contributed by atoms with E-state index in [1.807, 2.05) is 13.8 Å². The molecule has 0 aliphatic carbocycles. The van der Waals surface area contributed by atoms with Gasteiger partial charge in [0.25, 0.3) is 0 Å². The predicted molar refractivity (Wildman–Crippen MR) is 83.5 cm³/mol. The molecule has 0 fully saturated rings. The Morgan fingerprint density at radius 1 is 0.773 bits per heavy atom. The molecule has 0 saturated heterocycles. The molecule has 0 radical (unpaired) electrons. The summed E-state index contributed by atoms with van der Waals surface area (Å²) in [6.45, 7) is 3.69. The Labute approximate surface area is 127 Å². The average Bonchev–Trinajstić information content (AvgIpc) is 2.47. The second kappa shape index (κ2) is 6.17. The van der Waals surface area contributed by atoms with Gasteiger partial charge in [-0.2, -0.15) is 0 Å². The van der Waals surface area contributed by atoms with Crippen LogP contribution in [-0.2, 0) is 0 Å². The molecular formula is C16H16N2O4. The van der Waals surface area contributed by atoms with E-state index in [9.17, 15) is 9.59 Å². The van der Waals surface area contributed by atoms with Crippen molar-refractivity contribution in [3.63, 3.8) is 0 Å². The molecule has 2 rings (SSSR count). The largest absolute Gasteiger partial charge is 0.478 e. The van der Waals surface area contributed by atoms with Crippen molar-refractivity contribution in [2.45, 2.75) is 13.8 Å². The number of aromatic carboxylic acids is 2. The first kappa shape index (κ1) is 15.4. The van der Waals surface area contributed by atoms with E-state index >= 15 is 0 Å². The molecule has 0 amide bonds. The van der Waals surface area contributed by atoms with E-state index in [1.54, 1.807) is 12.1 Å². The summed E-state index contributed by atoms with van der Waals surface area (Å²) in [7, 11) is 0. The van der Waals surface area contributed by atoms with E-state index in [1.165, 1.54) is 24.3 Å². The van der Waals surface area contributed by atoms with Crippen LogP contribution in [0.4, 0.5) is 11.4 Å². The van der Waals surface area contributed by atoms with Gasteiger partial charge in [-0.3, -0.25) is 0 Å². The summed E-state index contributed by atoms with van der Waals surface area (Å²) < 4.78 is 0. The number of benzene rings is 2. The van der Waals surface area contributed by atoms with Gasteiger partial charge in [0, 0.05) is 0 Å². The molecule has 0 spiro atoms. The minimum Gasteiger partial charge on any atom is -0.478 e. The number of nitrogens with one attached hydrogen (secondary N) is 2. The van der Waals surface area contributed by atoms with Gasteiger partial charge < -0.3 is 21.1 Å². The first-order valence-corrected chi connectivity index (χ1v) is 6.58. The normalized spacial score (nSPS) is 10.1. The summed E-state index contributed by atoms with van der Waals surface area (Å²) in [5, 5.41) is 18.0. The van der Waals surface area contributed by atoms with Crippen LogP contribution < -0.4 is 10.9 Å². The van der Waals surface area contributed by atoms with Crippen LogP contribution in [0.5, 0.6) is 0 Å². The van der Waals surface area contributed by atoms with Crippen molar-refractivity contribution < 1.29 is 19.8 Å². The minimum atomic E-state index is -1.01. The van der Waals surface area contributed by atoms with Crippen LogP contribution in [-0.4, -0.2) is 22.2 Å². The van der Waals surface area contributed by atoms with Gasteiger partial charge in [-0.1, -0.05) is 12.1 Å². The van der Waals surface area contributed by atoms with Crippen molar-refractivity contribution in [1.29, 1.82) is 0 Å². The molecule has 6 heteroatoms. The average molecular weight is 300 g/mol. The van der Waals surface area contributed by atoms with Crippen molar-refractivity contribution in [3.8, 4) is 0 Å². The zero-order chi connectivity index (χ0) is 16.3. The van der Waals surface area contributed by atoms with E-state index in [0.29, 0.717) is 11.4 Å². The summed E-state index contributed by atoms with van der Waals surface area (Å²) in [5.41, 5.74) is 9.15. The zero-order valence-electron chi connectivity index (χ0n) is 12.2. The van der Waals surface area contributed by atoms with E-state index in [2.05, 4.69) is 10.9 Å². The van der Waals surface area contributed by atoms with Crippen molar-refractivity contribution in [2.75, 3.05) is 10.9 Å². The zero-order valence-corrected chi connectivity index (χ0v) is 12.2. The second-order valence-corrected chi connectivity index (χ2v) is 4.92. The number of carboxylic acids is 2.